The minimum Gasteiger partial charge on any atom is -0.493 e. The molecule has 0 saturated heterocycles. The molecular weight excluding hydrogens is 256 g/mol. The Balaban J connectivity index is 2.58. The maximum Gasteiger partial charge on any atom is 0.126 e. The van der Waals surface area contributed by atoms with Crippen molar-refractivity contribution in [1.29, 1.82) is 0 Å². The summed E-state index contributed by atoms with van der Waals surface area (Å²) in [4.78, 5) is 0. The second-order valence-corrected chi connectivity index (χ2v) is 3.95. The zero-order valence-corrected chi connectivity index (χ0v) is 10.8. The highest BCUT2D eigenvalue weighted by Crippen LogP contribution is 2.25. The highest BCUT2D eigenvalue weighted by atomic mass is 79.9. The average Bonchev–Trinajstić information content (AvgIpc) is 2.26. The molecule has 1 aromatic rings. The van der Waals surface area contributed by atoms with Crippen LogP contribution in [-0.4, -0.2) is 20.3 Å². The van der Waals surface area contributed by atoms with Crippen molar-refractivity contribution >= 4 is 15.9 Å². The van der Waals surface area contributed by atoms with Crippen molar-refractivity contribution < 1.29 is 9.47 Å². The van der Waals surface area contributed by atoms with Gasteiger partial charge in [-0.05, 0) is 12.5 Å². The number of para-hydroxylation sites is 1. The highest BCUT2D eigenvalue weighted by Gasteiger charge is 2.05. The van der Waals surface area contributed by atoms with Crippen LogP contribution in [0.25, 0.3) is 0 Å². The van der Waals surface area contributed by atoms with E-state index in [4.69, 9.17) is 9.47 Å². The third-order valence-electron chi connectivity index (χ3n) is 2.18. The summed E-state index contributed by atoms with van der Waals surface area (Å²) < 4.78 is 10.7. The molecule has 0 bridgehead atoms. The Labute approximate surface area is 99.7 Å². The minimum absolute atomic E-state index is 0.707. The molecule has 0 aromatic heterocycles. The molecule has 0 aliphatic carbocycles. The molecule has 0 N–H and O–H groups in total. The molecule has 0 spiro atoms. The summed E-state index contributed by atoms with van der Waals surface area (Å²) in [5.74, 6) is 1.01. The van der Waals surface area contributed by atoms with Gasteiger partial charge in [-0.1, -0.05) is 34.1 Å². The normalized spacial score (nSPS) is 10.3. The fraction of sp³-hybridized carbons (Fsp3) is 0.500. The molecule has 15 heavy (non-hydrogen) atoms. The molecule has 0 saturated carbocycles. The smallest absolute Gasteiger partial charge is 0.126 e. The number of ether oxygens (including phenoxy) is 2. The summed E-state index contributed by atoms with van der Waals surface area (Å²) in [7, 11) is 1.71. The van der Waals surface area contributed by atoms with Gasteiger partial charge in [0.15, 0.2) is 0 Å². The summed E-state index contributed by atoms with van der Waals surface area (Å²) in [5.41, 5.74) is 2.39. The van der Waals surface area contributed by atoms with Crippen molar-refractivity contribution in [3.05, 3.63) is 29.3 Å². The summed E-state index contributed by atoms with van der Waals surface area (Å²) in [5, 5.41) is 0.828. The molecule has 0 amide bonds. The van der Waals surface area contributed by atoms with Crippen LogP contribution in [0.1, 0.15) is 17.5 Å². The van der Waals surface area contributed by atoms with Gasteiger partial charge >= 0.3 is 0 Å². The first kappa shape index (κ1) is 12.5. The van der Waals surface area contributed by atoms with Gasteiger partial charge in [-0.15, -0.1) is 0 Å². The van der Waals surface area contributed by atoms with Gasteiger partial charge in [-0.3, -0.25) is 0 Å². The third-order valence-corrected chi connectivity index (χ3v) is 2.78. The van der Waals surface area contributed by atoms with Crippen molar-refractivity contribution in [1.82, 2.24) is 0 Å². The molecule has 3 heteroatoms. The van der Waals surface area contributed by atoms with Gasteiger partial charge in [0.25, 0.3) is 0 Å². The van der Waals surface area contributed by atoms with Crippen molar-refractivity contribution in [3.8, 4) is 5.75 Å². The summed E-state index contributed by atoms with van der Waals surface area (Å²) >= 11 is 3.46. The molecule has 84 valence electrons. The maximum atomic E-state index is 5.75. The lowest BCUT2D eigenvalue weighted by atomic mass is 10.1. The Morgan fingerprint density at radius 3 is 2.73 bits per heavy atom. The van der Waals surface area contributed by atoms with E-state index in [0.717, 1.165) is 24.1 Å². The number of hydrogen-bond donors (Lipinski definition) is 0. The molecule has 1 aromatic carbocycles. The second kappa shape index (κ2) is 6.85. The number of rotatable bonds is 6. The first-order chi connectivity index (χ1) is 7.29. The zero-order valence-electron chi connectivity index (χ0n) is 9.25. The average molecular weight is 273 g/mol. The number of benzene rings is 1. The number of alkyl halides is 1. The zero-order chi connectivity index (χ0) is 11.1. The fourth-order valence-corrected chi connectivity index (χ4v) is 1.84. The van der Waals surface area contributed by atoms with Crippen LogP contribution in [0.5, 0.6) is 5.75 Å². The standard InChI is InChI=1S/C12H17BrO2/c1-10-5-3-6-11(9-13)12(10)15-8-4-7-14-2/h3,5-6H,4,7-9H2,1-2H3. The predicted octanol–water partition coefficient (Wildman–Crippen LogP) is 3.31. The van der Waals surface area contributed by atoms with Crippen molar-refractivity contribution in [2.75, 3.05) is 20.3 Å². The van der Waals surface area contributed by atoms with E-state index in [-0.39, 0.29) is 0 Å². The molecule has 1 rings (SSSR count). The van der Waals surface area contributed by atoms with Crippen LogP contribution < -0.4 is 4.74 Å². The summed E-state index contributed by atoms with van der Waals surface area (Å²) in [6.07, 6.45) is 0.923. The van der Waals surface area contributed by atoms with Gasteiger partial charge in [-0.2, -0.15) is 0 Å². The molecule has 0 heterocycles. The predicted molar refractivity (Wildman–Crippen MR) is 65.8 cm³/mol. The van der Waals surface area contributed by atoms with Crippen LogP contribution in [0.3, 0.4) is 0 Å². The highest BCUT2D eigenvalue weighted by molar-refractivity contribution is 9.08. The van der Waals surface area contributed by atoms with E-state index in [1.807, 2.05) is 6.07 Å². The van der Waals surface area contributed by atoms with E-state index in [1.54, 1.807) is 7.11 Å². The molecule has 0 aliphatic heterocycles. The molecule has 0 unspecified atom stereocenters. The lowest BCUT2D eigenvalue weighted by Gasteiger charge is -2.12. The molecule has 0 aliphatic rings. The topological polar surface area (TPSA) is 18.5 Å². The van der Waals surface area contributed by atoms with Gasteiger partial charge in [0, 0.05) is 31.0 Å². The van der Waals surface area contributed by atoms with Crippen LogP contribution in [0.2, 0.25) is 0 Å². The lowest BCUT2D eigenvalue weighted by molar-refractivity contribution is 0.171. The fourth-order valence-electron chi connectivity index (χ4n) is 1.40. The van der Waals surface area contributed by atoms with Gasteiger partial charge in [0.2, 0.25) is 0 Å². The third kappa shape index (κ3) is 3.84. The Morgan fingerprint density at radius 1 is 1.27 bits per heavy atom. The van der Waals surface area contributed by atoms with Gasteiger partial charge in [0.05, 0.1) is 6.61 Å². The lowest BCUT2D eigenvalue weighted by Crippen LogP contribution is -2.04. The summed E-state index contributed by atoms with van der Waals surface area (Å²) in [6.45, 7) is 3.52. The number of aryl methyl sites for hydroxylation is 1. The Kier molecular flexibility index (Phi) is 5.73. The SMILES string of the molecule is COCCCOc1c(C)cccc1CBr. The number of hydrogen-bond acceptors (Lipinski definition) is 2. The van der Waals surface area contributed by atoms with Crippen molar-refractivity contribution in [2.45, 2.75) is 18.7 Å². The first-order valence-corrected chi connectivity index (χ1v) is 6.18. The first-order valence-electron chi connectivity index (χ1n) is 5.05. The van der Waals surface area contributed by atoms with Crippen molar-refractivity contribution in [3.63, 3.8) is 0 Å². The van der Waals surface area contributed by atoms with Gasteiger partial charge in [0.1, 0.15) is 5.75 Å². The van der Waals surface area contributed by atoms with E-state index in [2.05, 4.69) is 35.0 Å². The van der Waals surface area contributed by atoms with E-state index >= 15 is 0 Å². The van der Waals surface area contributed by atoms with E-state index in [1.165, 1.54) is 11.1 Å². The number of halogens is 1. The largest absolute Gasteiger partial charge is 0.493 e. The van der Waals surface area contributed by atoms with E-state index in [0.29, 0.717) is 6.61 Å². The van der Waals surface area contributed by atoms with Gasteiger partial charge < -0.3 is 9.47 Å². The Hall–Kier alpha value is -0.540. The Bertz CT molecular complexity index is 300. The van der Waals surface area contributed by atoms with Crippen LogP contribution >= 0.6 is 15.9 Å². The summed E-state index contributed by atoms with van der Waals surface area (Å²) in [6, 6.07) is 6.19. The monoisotopic (exact) mass is 272 g/mol. The molecule has 0 radical (unpaired) electrons. The van der Waals surface area contributed by atoms with Crippen molar-refractivity contribution in [2.24, 2.45) is 0 Å². The van der Waals surface area contributed by atoms with Crippen LogP contribution in [-0.2, 0) is 10.1 Å². The molecular formula is C12H17BrO2. The maximum absolute atomic E-state index is 5.75. The van der Waals surface area contributed by atoms with Crippen LogP contribution in [0, 0.1) is 6.92 Å². The molecule has 0 fully saturated rings. The quantitative estimate of drug-likeness (QED) is 0.585. The molecule has 0 atom stereocenters. The van der Waals surface area contributed by atoms with E-state index < -0.39 is 0 Å². The molecule has 2 nitrogen and oxygen atoms in total. The Morgan fingerprint density at radius 2 is 2.07 bits per heavy atom. The van der Waals surface area contributed by atoms with Gasteiger partial charge in [-0.25, -0.2) is 0 Å². The van der Waals surface area contributed by atoms with Crippen LogP contribution in [0.4, 0.5) is 0 Å². The van der Waals surface area contributed by atoms with Crippen LogP contribution in [0.15, 0.2) is 18.2 Å². The minimum atomic E-state index is 0.707. The second-order valence-electron chi connectivity index (χ2n) is 3.39. The number of methoxy groups -OCH3 is 1. The van der Waals surface area contributed by atoms with E-state index in [9.17, 15) is 0 Å².